The second kappa shape index (κ2) is 7.31. The van der Waals surface area contributed by atoms with Crippen molar-refractivity contribution in [1.29, 1.82) is 0 Å². The molecule has 1 atom stereocenters. The summed E-state index contributed by atoms with van der Waals surface area (Å²) < 4.78 is 19.0. The molecule has 5 heteroatoms. The van der Waals surface area contributed by atoms with Crippen molar-refractivity contribution in [3.8, 4) is 5.75 Å². The number of methoxy groups -OCH3 is 1. The Morgan fingerprint density at radius 2 is 2.00 bits per heavy atom. The fourth-order valence-electron chi connectivity index (χ4n) is 4.47. The molecule has 0 aliphatic carbocycles. The van der Waals surface area contributed by atoms with Crippen LogP contribution in [0.5, 0.6) is 5.75 Å². The van der Waals surface area contributed by atoms with Crippen LogP contribution in [-0.4, -0.2) is 30.0 Å². The number of rotatable bonds is 3. The molecule has 1 fully saturated rings. The molecule has 2 aromatic rings. The van der Waals surface area contributed by atoms with Crippen LogP contribution in [0.3, 0.4) is 0 Å². The van der Waals surface area contributed by atoms with Crippen molar-refractivity contribution in [2.24, 2.45) is 0 Å². The lowest BCUT2D eigenvalue weighted by atomic mass is 9.80. The first-order valence-electron chi connectivity index (χ1n) is 9.55. The van der Waals surface area contributed by atoms with Crippen LogP contribution >= 0.6 is 0 Å². The van der Waals surface area contributed by atoms with Gasteiger partial charge in [0.25, 0.3) is 0 Å². The smallest absolute Gasteiger partial charge is 0.241 e. The summed E-state index contributed by atoms with van der Waals surface area (Å²) in [6, 6.07) is 12.9. The first-order valence-corrected chi connectivity index (χ1v) is 9.55. The lowest BCUT2D eigenvalue weighted by molar-refractivity contribution is -0.136. The Morgan fingerprint density at radius 1 is 1.19 bits per heavy atom. The minimum atomic E-state index is -0.565. The molecule has 4 rings (SSSR count). The second-order valence-corrected chi connectivity index (χ2v) is 7.49. The fraction of sp³-hybridized carbons (Fsp3) is 0.409. The number of hydrogen-bond acceptors (Lipinski definition) is 3. The van der Waals surface area contributed by atoms with Gasteiger partial charge in [-0.15, -0.1) is 0 Å². The van der Waals surface area contributed by atoms with Crippen molar-refractivity contribution < 1.29 is 13.9 Å². The van der Waals surface area contributed by atoms with E-state index in [1.54, 1.807) is 13.2 Å². The van der Waals surface area contributed by atoms with E-state index in [0.717, 1.165) is 31.4 Å². The van der Waals surface area contributed by atoms with Crippen LogP contribution in [0.4, 0.5) is 4.39 Å². The average molecular weight is 368 g/mol. The maximum absolute atomic E-state index is 13.6. The lowest BCUT2D eigenvalue weighted by Crippen LogP contribution is -2.60. The van der Waals surface area contributed by atoms with Gasteiger partial charge in [0, 0.05) is 31.1 Å². The topological polar surface area (TPSA) is 41.6 Å². The molecule has 4 nitrogen and oxygen atoms in total. The molecule has 0 bridgehead atoms. The standard InChI is InChI=1S/C22H25FN2O2/c1-27-20-12-19(23)9-8-18(20)15-25-11-5-4-10-22(25)13-16-6-2-3-7-17(16)14-24-21(22)26/h2-3,6-9,12H,4-5,10-11,13-15H2,1H3,(H,24,26). The van der Waals surface area contributed by atoms with Crippen LogP contribution in [0.15, 0.2) is 42.5 Å². The van der Waals surface area contributed by atoms with Crippen molar-refractivity contribution in [2.75, 3.05) is 13.7 Å². The number of nitrogens with zero attached hydrogens (tertiary/aromatic N) is 1. The zero-order valence-corrected chi connectivity index (χ0v) is 15.6. The maximum atomic E-state index is 13.6. The molecular formula is C22H25FN2O2. The molecule has 27 heavy (non-hydrogen) atoms. The highest BCUT2D eigenvalue weighted by atomic mass is 19.1. The van der Waals surface area contributed by atoms with Gasteiger partial charge in [-0.2, -0.15) is 0 Å². The third kappa shape index (κ3) is 3.32. The molecular weight excluding hydrogens is 343 g/mol. The first-order chi connectivity index (χ1) is 13.1. The summed E-state index contributed by atoms with van der Waals surface area (Å²) in [6.45, 7) is 1.99. The minimum Gasteiger partial charge on any atom is -0.496 e. The van der Waals surface area contributed by atoms with Crippen molar-refractivity contribution in [3.05, 3.63) is 65.0 Å². The van der Waals surface area contributed by atoms with Crippen LogP contribution in [-0.2, 0) is 24.3 Å². The predicted molar refractivity (Wildman–Crippen MR) is 102 cm³/mol. The van der Waals surface area contributed by atoms with Crippen LogP contribution in [0.2, 0.25) is 0 Å². The molecule has 142 valence electrons. The Balaban J connectivity index is 1.70. The van der Waals surface area contributed by atoms with Crippen LogP contribution in [0.1, 0.15) is 36.0 Å². The number of carbonyl (C=O) groups is 1. The van der Waals surface area contributed by atoms with Crippen molar-refractivity contribution in [2.45, 2.75) is 44.3 Å². The minimum absolute atomic E-state index is 0.0967. The zero-order valence-electron chi connectivity index (χ0n) is 15.6. The van der Waals surface area contributed by atoms with E-state index in [-0.39, 0.29) is 11.7 Å². The third-order valence-electron chi connectivity index (χ3n) is 5.95. The van der Waals surface area contributed by atoms with Crippen molar-refractivity contribution in [3.63, 3.8) is 0 Å². The molecule has 2 aliphatic heterocycles. The molecule has 1 N–H and O–H groups in total. The second-order valence-electron chi connectivity index (χ2n) is 7.49. The van der Waals surface area contributed by atoms with E-state index in [2.05, 4.69) is 22.3 Å². The molecule has 2 heterocycles. The highest BCUT2D eigenvalue weighted by Crippen LogP contribution is 2.37. The average Bonchev–Trinajstić information content (AvgIpc) is 2.82. The molecule has 2 aromatic carbocycles. The summed E-state index contributed by atoms with van der Waals surface area (Å²) >= 11 is 0. The quantitative estimate of drug-likeness (QED) is 0.903. The van der Waals surface area contributed by atoms with Crippen LogP contribution < -0.4 is 10.1 Å². The van der Waals surface area contributed by atoms with Crippen molar-refractivity contribution in [1.82, 2.24) is 10.2 Å². The van der Waals surface area contributed by atoms with E-state index < -0.39 is 5.54 Å². The van der Waals surface area contributed by atoms with Gasteiger partial charge in [-0.25, -0.2) is 4.39 Å². The van der Waals surface area contributed by atoms with Crippen LogP contribution in [0.25, 0.3) is 0 Å². The molecule has 1 amide bonds. The van der Waals surface area contributed by atoms with Gasteiger partial charge in [0.05, 0.1) is 7.11 Å². The Labute approximate surface area is 159 Å². The Bertz CT molecular complexity index is 854. The number of benzene rings is 2. The predicted octanol–water partition coefficient (Wildman–Crippen LogP) is 3.43. The van der Waals surface area contributed by atoms with E-state index in [9.17, 15) is 9.18 Å². The Hall–Kier alpha value is -2.40. The molecule has 0 saturated carbocycles. The number of piperidine rings is 1. The van der Waals surface area contributed by atoms with Gasteiger partial charge in [0.15, 0.2) is 0 Å². The summed E-state index contributed by atoms with van der Waals surface area (Å²) in [4.78, 5) is 15.5. The SMILES string of the molecule is COc1cc(F)ccc1CN1CCCCC12Cc1ccccc1CNC2=O. The maximum Gasteiger partial charge on any atom is 0.241 e. The van der Waals surface area contributed by atoms with E-state index in [1.165, 1.54) is 23.3 Å². The summed E-state index contributed by atoms with van der Waals surface area (Å²) in [5, 5.41) is 3.14. The van der Waals surface area contributed by atoms with Crippen LogP contribution in [0, 0.1) is 5.82 Å². The molecule has 1 spiro atoms. The number of halogens is 1. The number of amides is 1. The summed E-state index contributed by atoms with van der Waals surface area (Å²) in [6.07, 6.45) is 3.63. The number of likely N-dealkylation sites (tertiary alicyclic amines) is 1. The number of ether oxygens (including phenoxy) is 1. The monoisotopic (exact) mass is 368 g/mol. The van der Waals surface area contributed by atoms with E-state index in [4.69, 9.17) is 4.74 Å². The Morgan fingerprint density at radius 3 is 2.81 bits per heavy atom. The molecule has 1 unspecified atom stereocenters. The summed E-state index contributed by atoms with van der Waals surface area (Å²) in [5.41, 5.74) is 2.76. The number of fused-ring (bicyclic) bond motifs is 1. The number of nitrogens with one attached hydrogen (secondary N) is 1. The van der Waals surface area contributed by atoms with Crippen molar-refractivity contribution >= 4 is 5.91 Å². The van der Waals surface area contributed by atoms with Gasteiger partial charge in [-0.05, 0) is 43.0 Å². The molecule has 0 aromatic heterocycles. The third-order valence-corrected chi connectivity index (χ3v) is 5.95. The fourth-order valence-corrected chi connectivity index (χ4v) is 4.47. The first kappa shape index (κ1) is 18.0. The van der Waals surface area contributed by atoms with Gasteiger partial charge in [-0.3, -0.25) is 9.69 Å². The number of hydrogen-bond donors (Lipinski definition) is 1. The van der Waals surface area contributed by atoms with Gasteiger partial charge in [-0.1, -0.05) is 30.3 Å². The van der Waals surface area contributed by atoms with Gasteiger partial charge < -0.3 is 10.1 Å². The summed E-state index contributed by atoms with van der Waals surface area (Å²) in [7, 11) is 1.55. The lowest BCUT2D eigenvalue weighted by Gasteiger charge is -2.45. The molecule has 1 saturated heterocycles. The normalized spacial score (nSPS) is 22.8. The Kier molecular flexibility index (Phi) is 4.87. The largest absolute Gasteiger partial charge is 0.496 e. The van der Waals surface area contributed by atoms with E-state index >= 15 is 0 Å². The van der Waals surface area contributed by atoms with Gasteiger partial charge in [0.2, 0.25) is 5.91 Å². The molecule has 2 aliphatic rings. The highest BCUT2D eigenvalue weighted by molar-refractivity contribution is 5.87. The van der Waals surface area contributed by atoms with E-state index in [0.29, 0.717) is 25.3 Å². The van der Waals surface area contributed by atoms with E-state index in [1.807, 2.05) is 12.1 Å². The zero-order chi connectivity index (χ0) is 18.9. The number of carbonyl (C=O) groups excluding carboxylic acids is 1. The van der Waals surface area contributed by atoms with Gasteiger partial charge in [0.1, 0.15) is 17.1 Å². The highest BCUT2D eigenvalue weighted by Gasteiger charge is 2.46. The van der Waals surface area contributed by atoms with Gasteiger partial charge >= 0.3 is 0 Å². The molecule has 0 radical (unpaired) electrons. The summed E-state index contributed by atoms with van der Waals surface area (Å²) in [5.74, 6) is 0.315.